The summed E-state index contributed by atoms with van der Waals surface area (Å²) in [6, 6.07) is 2.66. The summed E-state index contributed by atoms with van der Waals surface area (Å²) >= 11 is 0. The van der Waals surface area contributed by atoms with E-state index in [1.54, 1.807) is 6.07 Å². The SMILES string of the molecule is CCCCNC(=O)NNC(=O)c1ccco1. The zero-order chi connectivity index (χ0) is 11.8. The van der Waals surface area contributed by atoms with Crippen molar-refractivity contribution in [2.75, 3.05) is 6.54 Å². The Morgan fingerprint density at radius 2 is 2.19 bits per heavy atom. The van der Waals surface area contributed by atoms with Gasteiger partial charge in [-0.25, -0.2) is 10.2 Å². The molecule has 1 rings (SSSR count). The number of unbranched alkanes of at least 4 members (excludes halogenated alkanes) is 1. The van der Waals surface area contributed by atoms with E-state index in [9.17, 15) is 9.59 Å². The molecule has 88 valence electrons. The zero-order valence-electron chi connectivity index (χ0n) is 9.08. The smallest absolute Gasteiger partial charge is 0.333 e. The van der Waals surface area contributed by atoms with Gasteiger partial charge in [0.05, 0.1) is 6.26 Å². The summed E-state index contributed by atoms with van der Waals surface area (Å²) in [7, 11) is 0. The second-order valence-electron chi connectivity index (χ2n) is 3.17. The summed E-state index contributed by atoms with van der Waals surface area (Å²) in [5.74, 6) is -0.343. The number of hydrazine groups is 1. The average molecular weight is 225 g/mol. The van der Waals surface area contributed by atoms with Crippen molar-refractivity contribution in [1.29, 1.82) is 0 Å². The fraction of sp³-hybridized carbons (Fsp3) is 0.400. The van der Waals surface area contributed by atoms with Gasteiger partial charge in [0.2, 0.25) is 0 Å². The molecule has 1 heterocycles. The van der Waals surface area contributed by atoms with Crippen LogP contribution in [0, 0.1) is 0 Å². The Morgan fingerprint density at radius 1 is 1.38 bits per heavy atom. The first-order valence-corrected chi connectivity index (χ1v) is 5.11. The molecule has 1 aromatic heterocycles. The second-order valence-corrected chi connectivity index (χ2v) is 3.17. The van der Waals surface area contributed by atoms with Crippen LogP contribution in [0.3, 0.4) is 0 Å². The van der Waals surface area contributed by atoms with Gasteiger partial charge in [-0.3, -0.25) is 10.2 Å². The van der Waals surface area contributed by atoms with E-state index in [0.29, 0.717) is 6.54 Å². The van der Waals surface area contributed by atoms with Gasteiger partial charge >= 0.3 is 11.9 Å². The minimum atomic E-state index is -0.490. The summed E-state index contributed by atoms with van der Waals surface area (Å²) in [5.41, 5.74) is 4.44. The highest BCUT2D eigenvalue weighted by Gasteiger charge is 2.08. The fourth-order valence-corrected chi connectivity index (χ4v) is 1.01. The molecular formula is C10H15N3O3. The van der Waals surface area contributed by atoms with Crippen molar-refractivity contribution in [2.24, 2.45) is 0 Å². The summed E-state index contributed by atoms with van der Waals surface area (Å²) in [4.78, 5) is 22.4. The van der Waals surface area contributed by atoms with Crippen LogP contribution in [0.15, 0.2) is 22.8 Å². The van der Waals surface area contributed by atoms with Crippen LogP contribution in [0.1, 0.15) is 30.3 Å². The molecule has 0 aromatic carbocycles. The summed E-state index contributed by atoms with van der Waals surface area (Å²) in [6.45, 7) is 2.61. The van der Waals surface area contributed by atoms with E-state index < -0.39 is 11.9 Å². The molecule has 0 saturated carbocycles. The number of hydrogen-bond acceptors (Lipinski definition) is 3. The maximum atomic E-state index is 11.3. The predicted molar refractivity (Wildman–Crippen MR) is 57.6 cm³/mol. The molecular weight excluding hydrogens is 210 g/mol. The third kappa shape index (κ3) is 4.04. The second kappa shape index (κ2) is 6.49. The summed E-state index contributed by atoms with van der Waals surface area (Å²) in [6.07, 6.45) is 3.29. The molecule has 1 aromatic rings. The third-order valence-corrected chi connectivity index (χ3v) is 1.85. The van der Waals surface area contributed by atoms with Crippen molar-refractivity contribution in [2.45, 2.75) is 19.8 Å². The number of rotatable bonds is 4. The van der Waals surface area contributed by atoms with Crippen molar-refractivity contribution in [3.8, 4) is 0 Å². The molecule has 0 aliphatic carbocycles. The van der Waals surface area contributed by atoms with Crippen molar-refractivity contribution in [3.05, 3.63) is 24.2 Å². The number of carbonyl (C=O) groups is 2. The van der Waals surface area contributed by atoms with Crippen molar-refractivity contribution < 1.29 is 14.0 Å². The van der Waals surface area contributed by atoms with E-state index in [0.717, 1.165) is 12.8 Å². The van der Waals surface area contributed by atoms with Crippen LogP contribution in [0.25, 0.3) is 0 Å². The number of carbonyl (C=O) groups excluding carboxylic acids is 2. The van der Waals surface area contributed by atoms with Crippen LogP contribution in [-0.2, 0) is 0 Å². The molecule has 0 aliphatic heterocycles. The van der Waals surface area contributed by atoms with Gasteiger partial charge in [0.15, 0.2) is 5.76 Å². The van der Waals surface area contributed by atoms with E-state index >= 15 is 0 Å². The van der Waals surface area contributed by atoms with Crippen LogP contribution in [0.2, 0.25) is 0 Å². The molecule has 16 heavy (non-hydrogen) atoms. The highest BCUT2D eigenvalue weighted by atomic mass is 16.3. The number of furan rings is 1. The molecule has 0 radical (unpaired) electrons. The first kappa shape index (κ1) is 12.1. The number of urea groups is 1. The van der Waals surface area contributed by atoms with E-state index in [2.05, 4.69) is 16.2 Å². The van der Waals surface area contributed by atoms with Gasteiger partial charge in [0.25, 0.3) is 0 Å². The normalized spacial score (nSPS) is 9.56. The molecule has 0 fully saturated rings. The standard InChI is InChI=1S/C10H15N3O3/c1-2-3-6-11-10(15)13-12-9(14)8-5-4-7-16-8/h4-5,7H,2-3,6H2,1H3,(H,12,14)(H2,11,13,15). The van der Waals surface area contributed by atoms with Gasteiger partial charge in [-0.2, -0.15) is 0 Å². The first-order valence-electron chi connectivity index (χ1n) is 5.11. The van der Waals surface area contributed by atoms with Gasteiger partial charge < -0.3 is 9.73 Å². The Balaban J connectivity index is 2.19. The molecule has 3 N–H and O–H groups in total. The molecule has 3 amide bonds. The largest absolute Gasteiger partial charge is 0.459 e. The van der Waals surface area contributed by atoms with Gasteiger partial charge in [-0.05, 0) is 18.6 Å². The lowest BCUT2D eigenvalue weighted by molar-refractivity contribution is 0.0908. The average Bonchev–Trinajstić information content (AvgIpc) is 2.79. The minimum Gasteiger partial charge on any atom is -0.459 e. The molecule has 0 bridgehead atoms. The molecule has 0 aliphatic rings. The predicted octanol–water partition coefficient (Wildman–Crippen LogP) is 1.02. The maximum Gasteiger partial charge on any atom is 0.333 e. The molecule has 0 saturated heterocycles. The molecule has 0 atom stereocenters. The first-order chi connectivity index (χ1) is 7.74. The van der Waals surface area contributed by atoms with Crippen LogP contribution in [0.5, 0.6) is 0 Å². The Bertz CT molecular complexity index is 335. The monoisotopic (exact) mass is 225 g/mol. The van der Waals surface area contributed by atoms with Gasteiger partial charge in [-0.15, -0.1) is 0 Å². The zero-order valence-corrected chi connectivity index (χ0v) is 9.08. The van der Waals surface area contributed by atoms with Crippen LogP contribution >= 0.6 is 0 Å². The van der Waals surface area contributed by atoms with Gasteiger partial charge in [-0.1, -0.05) is 13.3 Å². The topological polar surface area (TPSA) is 83.4 Å². The summed E-state index contributed by atoms with van der Waals surface area (Å²) < 4.78 is 4.84. The van der Waals surface area contributed by atoms with Gasteiger partial charge in [0, 0.05) is 6.54 Å². The molecule has 6 nitrogen and oxygen atoms in total. The van der Waals surface area contributed by atoms with Crippen molar-refractivity contribution >= 4 is 11.9 Å². The van der Waals surface area contributed by atoms with E-state index in [-0.39, 0.29) is 5.76 Å². The number of nitrogens with one attached hydrogen (secondary N) is 3. The lowest BCUT2D eigenvalue weighted by Crippen LogP contribution is -2.47. The number of hydrogen-bond donors (Lipinski definition) is 3. The molecule has 0 spiro atoms. The minimum absolute atomic E-state index is 0.147. The Hall–Kier alpha value is -1.98. The highest BCUT2D eigenvalue weighted by Crippen LogP contribution is 1.97. The van der Waals surface area contributed by atoms with E-state index in [1.165, 1.54) is 12.3 Å². The van der Waals surface area contributed by atoms with Crippen LogP contribution in [-0.4, -0.2) is 18.5 Å². The Labute approximate surface area is 93.4 Å². The van der Waals surface area contributed by atoms with Crippen LogP contribution < -0.4 is 16.2 Å². The van der Waals surface area contributed by atoms with Crippen LogP contribution in [0.4, 0.5) is 4.79 Å². The highest BCUT2D eigenvalue weighted by molar-refractivity contribution is 5.92. The van der Waals surface area contributed by atoms with Gasteiger partial charge in [0.1, 0.15) is 0 Å². The van der Waals surface area contributed by atoms with E-state index in [1.807, 2.05) is 6.92 Å². The summed E-state index contributed by atoms with van der Waals surface area (Å²) in [5, 5.41) is 2.59. The van der Waals surface area contributed by atoms with Crippen molar-refractivity contribution in [1.82, 2.24) is 16.2 Å². The number of amides is 3. The quantitative estimate of drug-likeness (QED) is 0.528. The fourth-order valence-electron chi connectivity index (χ4n) is 1.01. The lowest BCUT2D eigenvalue weighted by Gasteiger charge is -2.07. The molecule has 0 unspecified atom stereocenters. The Kier molecular flexibility index (Phi) is 4.91. The third-order valence-electron chi connectivity index (χ3n) is 1.85. The lowest BCUT2D eigenvalue weighted by atomic mass is 10.3. The van der Waals surface area contributed by atoms with E-state index in [4.69, 9.17) is 4.42 Å². The Morgan fingerprint density at radius 3 is 2.81 bits per heavy atom. The maximum absolute atomic E-state index is 11.3. The molecule has 6 heteroatoms. The van der Waals surface area contributed by atoms with Crippen molar-refractivity contribution in [3.63, 3.8) is 0 Å².